The zero-order valence-electron chi connectivity index (χ0n) is 21.4. The Morgan fingerprint density at radius 1 is 1.10 bits per heavy atom. The fraction of sp³-hybridized carbons (Fsp3) is 0.259. The second-order valence-corrected chi connectivity index (χ2v) is 9.96. The first-order chi connectivity index (χ1) is 18.7. The zero-order chi connectivity index (χ0) is 27.1. The topological polar surface area (TPSA) is 78.4 Å². The van der Waals surface area contributed by atoms with Gasteiger partial charge in [-0.1, -0.05) is 41.9 Å². The van der Waals surface area contributed by atoms with Crippen molar-refractivity contribution in [2.75, 3.05) is 5.32 Å². The number of pyridine rings is 1. The molecule has 6 rings (SSSR count). The molecule has 1 atom stereocenters. The van der Waals surface area contributed by atoms with Crippen LogP contribution in [0.15, 0.2) is 67.1 Å². The first-order valence-electron chi connectivity index (χ1n) is 12.4. The molecule has 1 aromatic carbocycles. The van der Waals surface area contributed by atoms with Crippen molar-refractivity contribution in [3.05, 3.63) is 83.5 Å². The summed E-state index contributed by atoms with van der Waals surface area (Å²) in [7, 11) is 1.83. The van der Waals surface area contributed by atoms with Crippen LogP contribution in [0.5, 0.6) is 0 Å². The number of nitrogens with one attached hydrogen (secondary N) is 1. The van der Waals surface area contributed by atoms with Crippen LogP contribution in [0.1, 0.15) is 23.9 Å². The van der Waals surface area contributed by atoms with Crippen molar-refractivity contribution in [2.24, 2.45) is 7.05 Å². The van der Waals surface area contributed by atoms with Gasteiger partial charge in [0.15, 0.2) is 5.82 Å². The second kappa shape index (κ2) is 11.0. The maximum absolute atomic E-state index is 13.1. The standard InChI is InChI=1S/C27H24ClF3N8.H2S/c1-37-24(8-10-33-37)34-23-13-20(21(28)14-32-23)18-12-22-26-36-35-25(7-9-27(29,30)31)39(26)19(16-38(22)15-18)11-17-5-3-2-4-6-17;/h2-6,8,10,12-15,19H,7,9,11,16H2,1H3,(H,32,34);1H2/t19-;/m0./s1. The highest BCUT2D eigenvalue weighted by atomic mass is 35.5. The van der Waals surface area contributed by atoms with Crippen molar-refractivity contribution in [1.29, 1.82) is 0 Å². The van der Waals surface area contributed by atoms with Crippen molar-refractivity contribution in [1.82, 2.24) is 34.1 Å². The monoisotopic (exact) mass is 586 g/mol. The number of fused-ring (bicyclic) bond motifs is 3. The van der Waals surface area contributed by atoms with Crippen LogP contribution < -0.4 is 5.32 Å². The Hall–Kier alpha value is -3.77. The molecule has 0 spiro atoms. The molecule has 5 aromatic rings. The molecular weight excluding hydrogens is 561 g/mol. The van der Waals surface area contributed by atoms with E-state index < -0.39 is 12.6 Å². The lowest BCUT2D eigenvalue weighted by Crippen LogP contribution is -2.26. The van der Waals surface area contributed by atoms with Gasteiger partial charge in [-0.05, 0) is 24.1 Å². The largest absolute Gasteiger partial charge is 0.389 e. The van der Waals surface area contributed by atoms with Crippen molar-refractivity contribution in [3.63, 3.8) is 0 Å². The van der Waals surface area contributed by atoms with E-state index in [-0.39, 0.29) is 26.0 Å². The van der Waals surface area contributed by atoms with Gasteiger partial charge in [0.05, 0.1) is 29.4 Å². The molecule has 0 unspecified atom stereocenters. The number of aromatic nitrogens is 7. The molecule has 0 saturated heterocycles. The number of anilines is 2. The van der Waals surface area contributed by atoms with Crippen molar-refractivity contribution >= 4 is 36.7 Å². The maximum atomic E-state index is 13.1. The first-order valence-corrected chi connectivity index (χ1v) is 12.8. The average molecular weight is 587 g/mol. The van der Waals surface area contributed by atoms with Gasteiger partial charge in [0.25, 0.3) is 0 Å². The summed E-state index contributed by atoms with van der Waals surface area (Å²) in [6, 6.07) is 15.4. The van der Waals surface area contributed by atoms with Crippen LogP contribution in [0.3, 0.4) is 0 Å². The van der Waals surface area contributed by atoms with Crippen LogP contribution in [-0.2, 0) is 26.4 Å². The van der Waals surface area contributed by atoms with Gasteiger partial charge in [-0.2, -0.15) is 31.8 Å². The van der Waals surface area contributed by atoms with Crippen LogP contribution in [0.4, 0.5) is 24.8 Å². The van der Waals surface area contributed by atoms with Crippen molar-refractivity contribution in [3.8, 4) is 22.6 Å². The Kier molecular flexibility index (Phi) is 7.65. The molecule has 1 N–H and O–H groups in total. The van der Waals surface area contributed by atoms with Gasteiger partial charge >= 0.3 is 6.18 Å². The van der Waals surface area contributed by atoms with E-state index in [1.165, 1.54) is 0 Å². The lowest BCUT2D eigenvalue weighted by Gasteiger charge is -2.28. The molecule has 8 nitrogen and oxygen atoms in total. The lowest BCUT2D eigenvalue weighted by atomic mass is 10.0. The maximum Gasteiger partial charge on any atom is 0.389 e. The highest BCUT2D eigenvalue weighted by Crippen LogP contribution is 2.39. The summed E-state index contributed by atoms with van der Waals surface area (Å²) in [5, 5.41) is 16.4. The Morgan fingerprint density at radius 3 is 2.62 bits per heavy atom. The van der Waals surface area contributed by atoms with Crippen LogP contribution in [-0.4, -0.2) is 40.3 Å². The summed E-state index contributed by atoms with van der Waals surface area (Å²) in [4.78, 5) is 4.39. The summed E-state index contributed by atoms with van der Waals surface area (Å²) in [5.74, 6) is 2.25. The van der Waals surface area contributed by atoms with Gasteiger partial charge in [0.1, 0.15) is 17.5 Å². The average Bonchev–Trinajstić information content (AvgIpc) is 3.62. The number of nitrogens with zero attached hydrogens (tertiary/aromatic N) is 7. The van der Waals surface area contributed by atoms with Crippen LogP contribution in [0, 0.1) is 0 Å². The molecular formula is C27H26ClF3N8S. The minimum absolute atomic E-state index is 0. The minimum atomic E-state index is -4.28. The molecule has 1 aliphatic heterocycles. The fourth-order valence-electron chi connectivity index (χ4n) is 5.01. The smallest absolute Gasteiger partial charge is 0.342 e. The third-order valence-electron chi connectivity index (χ3n) is 6.85. The summed E-state index contributed by atoms with van der Waals surface area (Å²) in [5.41, 5.74) is 3.47. The molecule has 40 heavy (non-hydrogen) atoms. The SMILES string of the molecule is Cn1nccc1Nc1cc(-c2cc3n(c2)C[C@H](Cc2ccccc2)n2c(CCC(F)(F)F)nnc2-3)c(Cl)cn1.S. The van der Waals surface area contributed by atoms with E-state index in [2.05, 4.69) is 30.2 Å². The molecule has 0 saturated carbocycles. The van der Waals surface area contributed by atoms with Gasteiger partial charge in [-0.3, -0.25) is 4.68 Å². The van der Waals surface area contributed by atoms with Crippen molar-refractivity contribution in [2.45, 2.75) is 38.0 Å². The molecule has 5 heterocycles. The van der Waals surface area contributed by atoms with E-state index >= 15 is 0 Å². The molecule has 1 aliphatic rings. The Labute approximate surface area is 240 Å². The van der Waals surface area contributed by atoms with E-state index in [0.29, 0.717) is 35.5 Å². The molecule has 208 valence electrons. The molecule has 0 amide bonds. The van der Waals surface area contributed by atoms with Crippen LogP contribution in [0.2, 0.25) is 5.02 Å². The van der Waals surface area contributed by atoms with E-state index in [1.807, 2.05) is 66.3 Å². The number of aryl methyl sites for hydroxylation is 2. The summed E-state index contributed by atoms with van der Waals surface area (Å²) >= 11 is 6.57. The second-order valence-electron chi connectivity index (χ2n) is 9.55. The van der Waals surface area contributed by atoms with Gasteiger partial charge < -0.3 is 14.5 Å². The molecule has 0 radical (unpaired) electrons. The number of hydrogen-bond acceptors (Lipinski definition) is 5. The van der Waals surface area contributed by atoms with Crippen LogP contribution >= 0.6 is 25.1 Å². The van der Waals surface area contributed by atoms with Gasteiger partial charge in [-0.25, -0.2) is 4.98 Å². The fourth-order valence-corrected chi connectivity index (χ4v) is 5.22. The number of benzene rings is 1. The predicted octanol–water partition coefficient (Wildman–Crippen LogP) is 6.34. The number of rotatable bonds is 7. The summed E-state index contributed by atoms with van der Waals surface area (Å²) in [6.45, 7) is 0.553. The molecule has 0 aliphatic carbocycles. The van der Waals surface area contributed by atoms with E-state index in [1.54, 1.807) is 17.1 Å². The summed E-state index contributed by atoms with van der Waals surface area (Å²) < 4.78 is 44.9. The number of halogens is 4. The number of alkyl halides is 3. The molecule has 0 bridgehead atoms. The highest BCUT2D eigenvalue weighted by molar-refractivity contribution is 7.59. The summed E-state index contributed by atoms with van der Waals surface area (Å²) in [6.07, 6.45) is 0.447. The normalized spacial score (nSPS) is 14.4. The quantitative estimate of drug-likeness (QED) is 0.241. The van der Waals surface area contributed by atoms with Gasteiger partial charge in [-0.15, -0.1) is 10.2 Å². The van der Waals surface area contributed by atoms with E-state index in [4.69, 9.17) is 11.6 Å². The van der Waals surface area contributed by atoms with E-state index in [0.717, 1.165) is 28.2 Å². The van der Waals surface area contributed by atoms with Gasteiger partial charge in [0, 0.05) is 49.6 Å². The Bertz CT molecular complexity index is 1630. The Morgan fingerprint density at radius 2 is 1.90 bits per heavy atom. The third kappa shape index (κ3) is 5.59. The predicted molar refractivity (Wildman–Crippen MR) is 152 cm³/mol. The third-order valence-corrected chi connectivity index (χ3v) is 7.16. The Balaban J connectivity index is 0.00000323. The lowest BCUT2D eigenvalue weighted by molar-refractivity contribution is -0.134. The van der Waals surface area contributed by atoms with Gasteiger partial charge in [0.2, 0.25) is 0 Å². The minimum Gasteiger partial charge on any atom is -0.342 e. The molecule has 13 heteroatoms. The first kappa shape index (κ1) is 27.8. The molecule has 0 fully saturated rings. The number of hydrogen-bond donors (Lipinski definition) is 1. The van der Waals surface area contributed by atoms with E-state index in [9.17, 15) is 13.2 Å². The zero-order valence-corrected chi connectivity index (χ0v) is 23.2. The van der Waals surface area contributed by atoms with Crippen LogP contribution in [0.25, 0.3) is 22.6 Å². The molecule has 4 aromatic heterocycles. The highest BCUT2D eigenvalue weighted by Gasteiger charge is 2.33. The van der Waals surface area contributed by atoms with Crippen molar-refractivity contribution < 1.29 is 13.2 Å².